The van der Waals surface area contributed by atoms with E-state index in [1.807, 2.05) is 6.92 Å². The molecule has 3 nitrogen and oxygen atoms in total. The lowest BCUT2D eigenvalue weighted by atomic mass is 9.94. The molecule has 0 amide bonds. The van der Waals surface area contributed by atoms with Gasteiger partial charge in [-0.3, -0.25) is 4.21 Å². The second kappa shape index (κ2) is 7.41. The van der Waals surface area contributed by atoms with Gasteiger partial charge in [0.1, 0.15) is 0 Å². The Morgan fingerprint density at radius 3 is 2.75 bits per heavy atom. The highest BCUT2D eigenvalue weighted by Crippen LogP contribution is 2.23. The highest BCUT2D eigenvalue weighted by Gasteiger charge is 2.29. The lowest BCUT2D eigenvalue weighted by Crippen LogP contribution is -2.49. The molecule has 16 heavy (non-hydrogen) atoms. The summed E-state index contributed by atoms with van der Waals surface area (Å²) in [5, 5.41) is 3.91. The Morgan fingerprint density at radius 1 is 1.44 bits per heavy atom. The van der Waals surface area contributed by atoms with E-state index in [9.17, 15) is 4.21 Å². The fourth-order valence-corrected chi connectivity index (χ4v) is 3.92. The Balaban J connectivity index is 2.49. The molecule has 1 fully saturated rings. The molecule has 0 spiro atoms. The Hall–Kier alpha value is 0.0700. The first-order valence-corrected chi connectivity index (χ1v) is 7.69. The first-order valence-electron chi connectivity index (χ1n) is 6.31. The van der Waals surface area contributed by atoms with E-state index in [2.05, 4.69) is 12.2 Å². The Bertz CT molecular complexity index is 223. The largest absolute Gasteiger partial charge is 0.383 e. The molecule has 96 valence electrons. The number of hydrogen-bond donors (Lipinski definition) is 1. The number of rotatable bonds is 6. The fourth-order valence-electron chi connectivity index (χ4n) is 2.48. The summed E-state index contributed by atoms with van der Waals surface area (Å²) in [5.41, 5.74) is 0. The third-order valence-electron chi connectivity index (χ3n) is 3.24. The number of hydrogen-bond acceptors (Lipinski definition) is 3. The molecule has 0 radical (unpaired) electrons. The molecule has 0 saturated heterocycles. The van der Waals surface area contributed by atoms with Crippen molar-refractivity contribution in [1.29, 1.82) is 0 Å². The van der Waals surface area contributed by atoms with E-state index in [0.717, 1.165) is 25.2 Å². The normalized spacial score (nSPS) is 29.9. The van der Waals surface area contributed by atoms with Crippen LogP contribution in [-0.2, 0) is 15.5 Å². The van der Waals surface area contributed by atoms with E-state index in [0.29, 0.717) is 17.3 Å². The van der Waals surface area contributed by atoms with Gasteiger partial charge < -0.3 is 10.1 Å². The molecule has 4 atom stereocenters. The van der Waals surface area contributed by atoms with Gasteiger partial charge in [-0.15, -0.1) is 0 Å². The monoisotopic (exact) mass is 247 g/mol. The molecule has 0 aromatic heterocycles. The Kier molecular flexibility index (Phi) is 6.54. The summed E-state index contributed by atoms with van der Waals surface area (Å²) in [6.45, 7) is 4.87. The van der Waals surface area contributed by atoms with E-state index in [1.54, 1.807) is 7.11 Å². The standard InChI is InChI=1S/C12H25NO2S/c1-4-16(14)12-8-6-5-7-11(12)13-10(2)9-15-3/h10-13H,4-9H2,1-3H3. The number of nitrogens with one attached hydrogen (secondary N) is 1. The topological polar surface area (TPSA) is 38.3 Å². The van der Waals surface area contributed by atoms with Crippen LogP contribution < -0.4 is 5.32 Å². The number of ether oxygens (including phenoxy) is 1. The van der Waals surface area contributed by atoms with Crippen LogP contribution >= 0.6 is 0 Å². The van der Waals surface area contributed by atoms with Gasteiger partial charge in [-0.1, -0.05) is 19.8 Å². The van der Waals surface area contributed by atoms with Crippen LogP contribution in [0, 0.1) is 0 Å². The predicted molar refractivity (Wildman–Crippen MR) is 69.2 cm³/mol. The van der Waals surface area contributed by atoms with Crippen molar-refractivity contribution in [3.05, 3.63) is 0 Å². The predicted octanol–water partition coefficient (Wildman–Crippen LogP) is 1.69. The second-order valence-corrected chi connectivity index (χ2v) is 6.57. The summed E-state index contributed by atoms with van der Waals surface area (Å²) in [4.78, 5) is 0. The molecule has 1 saturated carbocycles. The van der Waals surface area contributed by atoms with Gasteiger partial charge in [-0.25, -0.2) is 0 Å². The molecule has 0 aromatic rings. The van der Waals surface area contributed by atoms with Crippen molar-refractivity contribution >= 4 is 10.8 Å². The van der Waals surface area contributed by atoms with Gasteiger partial charge in [0.05, 0.1) is 11.9 Å². The molecule has 4 heteroatoms. The zero-order valence-corrected chi connectivity index (χ0v) is 11.5. The number of methoxy groups -OCH3 is 1. The summed E-state index contributed by atoms with van der Waals surface area (Å²) in [5.74, 6) is 0.779. The first-order chi connectivity index (χ1) is 7.69. The summed E-state index contributed by atoms with van der Waals surface area (Å²) < 4.78 is 17.1. The zero-order valence-electron chi connectivity index (χ0n) is 10.7. The fraction of sp³-hybridized carbons (Fsp3) is 1.00. The summed E-state index contributed by atoms with van der Waals surface area (Å²) in [6, 6.07) is 0.768. The van der Waals surface area contributed by atoms with Crippen LogP contribution in [0.1, 0.15) is 39.5 Å². The molecule has 0 aromatic carbocycles. The Labute approximate surface area is 102 Å². The molecular formula is C12H25NO2S. The highest BCUT2D eigenvalue weighted by molar-refractivity contribution is 7.85. The average molecular weight is 247 g/mol. The van der Waals surface area contributed by atoms with E-state index in [4.69, 9.17) is 4.74 Å². The first kappa shape index (κ1) is 14.1. The Morgan fingerprint density at radius 2 is 2.12 bits per heavy atom. The molecular weight excluding hydrogens is 222 g/mol. The van der Waals surface area contributed by atoms with Gasteiger partial charge in [0, 0.05) is 35.7 Å². The molecule has 1 N–H and O–H groups in total. The van der Waals surface area contributed by atoms with Crippen LogP contribution in [0.15, 0.2) is 0 Å². The van der Waals surface area contributed by atoms with Crippen LogP contribution in [0.5, 0.6) is 0 Å². The minimum atomic E-state index is -0.667. The molecule has 0 aliphatic heterocycles. The quantitative estimate of drug-likeness (QED) is 0.776. The molecule has 0 bridgehead atoms. The van der Waals surface area contributed by atoms with Crippen molar-refractivity contribution in [3.63, 3.8) is 0 Å². The SMILES string of the molecule is CCS(=O)C1CCCCC1NC(C)COC. The third kappa shape index (κ3) is 4.15. The lowest BCUT2D eigenvalue weighted by molar-refractivity contribution is 0.162. The van der Waals surface area contributed by atoms with Crippen LogP contribution in [-0.4, -0.2) is 41.0 Å². The molecule has 1 aliphatic rings. The van der Waals surface area contributed by atoms with Gasteiger partial charge >= 0.3 is 0 Å². The lowest BCUT2D eigenvalue weighted by Gasteiger charge is -2.33. The van der Waals surface area contributed by atoms with Crippen LogP contribution in [0.3, 0.4) is 0 Å². The van der Waals surface area contributed by atoms with Crippen molar-refractivity contribution in [2.45, 2.75) is 56.9 Å². The van der Waals surface area contributed by atoms with Crippen molar-refractivity contribution in [2.24, 2.45) is 0 Å². The van der Waals surface area contributed by atoms with Crippen molar-refractivity contribution < 1.29 is 8.95 Å². The van der Waals surface area contributed by atoms with E-state index < -0.39 is 10.8 Å². The van der Waals surface area contributed by atoms with Crippen molar-refractivity contribution in [2.75, 3.05) is 19.5 Å². The van der Waals surface area contributed by atoms with Crippen LogP contribution in [0.2, 0.25) is 0 Å². The second-order valence-electron chi connectivity index (χ2n) is 4.62. The highest BCUT2D eigenvalue weighted by atomic mass is 32.2. The molecule has 0 heterocycles. The smallest absolute Gasteiger partial charge is 0.0613 e. The molecule has 1 aliphatic carbocycles. The van der Waals surface area contributed by atoms with Crippen LogP contribution in [0.4, 0.5) is 0 Å². The summed E-state index contributed by atoms with van der Waals surface area (Å²) >= 11 is 0. The van der Waals surface area contributed by atoms with Crippen molar-refractivity contribution in [1.82, 2.24) is 5.32 Å². The average Bonchev–Trinajstić information content (AvgIpc) is 2.29. The maximum absolute atomic E-state index is 12.0. The van der Waals surface area contributed by atoms with Gasteiger partial charge in [0.15, 0.2) is 0 Å². The molecule has 1 rings (SSSR count). The van der Waals surface area contributed by atoms with Gasteiger partial charge in [0.25, 0.3) is 0 Å². The van der Waals surface area contributed by atoms with E-state index in [-0.39, 0.29) is 0 Å². The van der Waals surface area contributed by atoms with E-state index in [1.165, 1.54) is 12.8 Å². The van der Waals surface area contributed by atoms with Gasteiger partial charge in [0.2, 0.25) is 0 Å². The zero-order chi connectivity index (χ0) is 12.0. The molecule has 4 unspecified atom stereocenters. The summed E-state index contributed by atoms with van der Waals surface area (Å²) in [7, 11) is 1.06. The van der Waals surface area contributed by atoms with Crippen LogP contribution in [0.25, 0.3) is 0 Å². The minimum absolute atomic E-state index is 0.345. The summed E-state index contributed by atoms with van der Waals surface area (Å²) in [6.07, 6.45) is 4.75. The van der Waals surface area contributed by atoms with E-state index >= 15 is 0 Å². The maximum atomic E-state index is 12.0. The third-order valence-corrected chi connectivity index (χ3v) is 5.05. The van der Waals surface area contributed by atoms with Gasteiger partial charge in [-0.05, 0) is 19.8 Å². The van der Waals surface area contributed by atoms with Gasteiger partial charge in [-0.2, -0.15) is 0 Å². The van der Waals surface area contributed by atoms with Crippen molar-refractivity contribution in [3.8, 4) is 0 Å². The minimum Gasteiger partial charge on any atom is -0.383 e. The maximum Gasteiger partial charge on any atom is 0.0613 e.